The summed E-state index contributed by atoms with van der Waals surface area (Å²) >= 11 is 6.04. The fraction of sp³-hybridized carbons (Fsp3) is 0.200. The van der Waals surface area contributed by atoms with Crippen LogP contribution in [0.25, 0.3) is 22.2 Å². The Labute approximate surface area is 191 Å². The molecule has 0 spiro atoms. The minimum absolute atomic E-state index is 0.0757. The summed E-state index contributed by atoms with van der Waals surface area (Å²) in [6.45, 7) is 1.62. The molecule has 1 amide bonds. The lowest BCUT2D eigenvalue weighted by Crippen LogP contribution is -2.45. The Hall–Kier alpha value is -3.51. The van der Waals surface area contributed by atoms with Gasteiger partial charge in [-0.15, -0.1) is 0 Å². The number of rotatable bonds is 4. The van der Waals surface area contributed by atoms with E-state index in [0.717, 1.165) is 54.0 Å². The second kappa shape index (κ2) is 8.93. The number of carbonyl (C=O) groups is 1. The van der Waals surface area contributed by atoms with Crippen molar-refractivity contribution >= 4 is 34.4 Å². The standard InChI is InChI=1S/C25H22ClN5O/c26-18-8-6-17(7-9-18)23-16-21(20-4-1-2-5-22(20)30-23)24(32)29-19-10-14-31(15-11-19)25-27-12-3-13-28-25/h1-9,12-13,16,19H,10-11,14-15H2,(H,29,32). The van der Waals surface area contributed by atoms with Crippen molar-refractivity contribution in [3.63, 3.8) is 0 Å². The molecule has 4 aromatic rings. The number of hydrogen-bond donors (Lipinski definition) is 1. The second-order valence-corrected chi connectivity index (χ2v) is 8.30. The molecule has 0 radical (unpaired) electrons. The van der Waals surface area contributed by atoms with Crippen molar-refractivity contribution in [3.8, 4) is 11.3 Å². The maximum absolute atomic E-state index is 13.3. The molecule has 32 heavy (non-hydrogen) atoms. The van der Waals surface area contributed by atoms with E-state index in [0.29, 0.717) is 10.6 Å². The molecule has 2 aromatic carbocycles. The molecule has 1 N–H and O–H groups in total. The third-order valence-electron chi connectivity index (χ3n) is 5.77. The first-order chi connectivity index (χ1) is 15.7. The van der Waals surface area contributed by atoms with Crippen molar-refractivity contribution in [1.82, 2.24) is 20.3 Å². The lowest BCUT2D eigenvalue weighted by Gasteiger charge is -2.32. The molecule has 160 valence electrons. The summed E-state index contributed by atoms with van der Waals surface area (Å²) in [5.74, 6) is 0.665. The molecule has 7 heteroatoms. The number of anilines is 1. The number of carbonyl (C=O) groups excluding carboxylic acids is 1. The molecule has 0 aliphatic carbocycles. The van der Waals surface area contributed by atoms with Gasteiger partial charge >= 0.3 is 0 Å². The van der Waals surface area contributed by atoms with Crippen molar-refractivity contribution in [2.45, 2.75) is 18.9 Å². The Kier molecular flexibility index (Phi) is 5.69. The van der Waals surface area contributed by atoms with Gasteiger partial charge in [0.1, 0.15) is 0 Å². The number of nitrogens with one attached hydrogen (secondary N) is 1. The number of piperidine rings is 1. The number of halogens is 1. The lowest BCUT2D eigenvalue weighted by atomic mass is 10.0. The summed E-state index contributed by atoms with van der Waals surface area (Å²) in [6.07, 6.45) is 5.19. The maximum atomic E-state index is 13.3. The van der Waals surface area contributed by atoms with E-state index in [1.807, 2.05) is 60.7 Å². The molecule has 1 aliphatic heterocycles. The Morgan fingerprint density at radius 3 is 2.44 bits per heavy atom. The van der Waals surface area contributed by atoms with E-state index >= 15 is 0 Å². The third kappa shape index (κ3) is 4.27. The van der Waals surface area contributed by atoms with Crippen LogP contribution < -0.4 is 10.2 Å². The zero-order valence-corrected chi connectivity index (χ0v) is 18.2. The summed E-state index contributed by atoms with van der Waals surface area (Å²) in [5, 5.41) is 4.74. The zero-order valence-electron chi connectivity index (χ0n) is 17.4. The molecule has 1 fully saturated rings. The van der Waals surface area contributed by atoms with E-state index in [-0.39, 0.29) is 11.9 Å². The number of fused-ring (bicyclic) bond motifs is 1. The molecular weight excluding hydrogens is 422 g/mol. The van der Waals surface area contributed by atoms with Crippen molar-refractivity contribution in [2.75, 3.05) is 18.0 Å². The molecule has 0 bridgehead atoms. The van der Waals surface area contributed by atoms with Crippen LogP contribution in [0.15, 0.2) is 73.1 Å². The Morgan fingerprint density at radius 2 is 1.69 bits per heavy atom. The van der Waals surface area contributed by atoms with Crippen LogP contribution in [0.3, 0.4) is 0 Å². The molecule has 0 atom stereocenters. The van der Waals surface area contributed by atoms with Crippen molar-refractivity contribution in [1.29, 1.82) is 0 Å². The van der Waals surface area contributed by atoms with Gasteiger partial charge in [-0.05, 0) is 43.2 Å². The van der Waals surface area contributed by atoms with Crippen LogP contribution in [0.4, 0.5) is 5.95 Å². The number of para-hydroxylation sites is 1. The van der Waals surface area contributed by atoms with E-state index < -0.39 is 0 Å². The highest BCUT2D eigenvalue weighted by Crippen LogP contribution is 2.26. The number of hydrogen-bond acceptors (Lipinski definition) is 5. The van der Waals surface area contributed by atoms with E-state index in [2.05, 4.69) is 20.2 Å². The summed E-state index contributed by atoms with van der Waals surface area (Å²) in [4.78, 5) is 28.9. The monoisotopic (exact) mass is 443 g/mol. The van der Waals surface area contributed by atoms with Crippen LogP contribution in [0, 0.1) is 0 Å². The van der Waals surface area contributed by atoms with Gasteiger partial charge < -0.3 is 10.2 Å². The topological polar surface area (TPSA) is 71.0 Å². The van der Waals surface area contributed by atoms with Gasteiger partial charge in [0.2, 0.25) is 5.95 Å². The summed E-state index contributed by atoms with van der Waals surface area (Å²) in [5.41, 5.74) is 3.10. The quantitative estimate of drug-likeness (QED) is 0.493. The first-order valence-electron chi connectivity index (χ1n) is 10.7. The maximum Gasteiger partial charge on any atom is 0.252 e. The van der Waals surface area contributed by atoms with Crippen LogP contribution in [0.2, 0.25) is 5.02 Å². The number of aromatic nitrogens is 3. The van der Waals surface area contributed by atoms with Gasteiger partial charge in [0.05, 0.1) is 16.8 Å². The first kappa shape index (κ1) is 20.4. The minimum atomic E-state index is -0.0757. The van der Waals surface area contributed by atoms with Gasteiger partial charge in [0, 0.05) is 47.5 Å². The fourth-order valence-electron chi connectivity index (χ4n) is 4.07. The molecule has 0 unspecified atom stereocenters. The summed E-state index contributed by atoms with van der Waals surface area (Å²) < 4.78 is 0. The molecule has 3 heterocycles. The normalized spacial score (nSPS) is 14.5. The fourth-order valence-corrected chi connectivity index (χ4v) is 4.20. The smallest absolute Gasteiger partial charge is 0.252 e. The van der Waals surface area contributed by atoms with Crippen molar-refractivity contribution < 1.29 is 4.79 Å². The summed E-state index contributed by atoms with van der Waals surface area (Å²) in [6, 6.07) is 19.0. The highest BCUT2D eigenvalue weighted by atomic mass is 35.5. The van der Waals surface area contributed by atoms with Crippen LogP contribution in [0.1, 0.15) is 23.2 Å². The molecule has 0 saturated carbocycles. The summed E-state index contributed by atoms with van der Waals surface area (Å²) in [7, 11) is 0. The van der Waals surface area contributed by atoms with E-state index in [9.17, 15) is 4.79 Å². The van der Waals surface area contributed by atoms with Crippen molar-refractivity contribution in [3.05, 3.63) is 83.6 Å². The molecule has 6 nitrogen and oxygen atoms in total. The SMILES string of the molecule is O=C(NC1CCN(c2ncccn2)CC1)c1cc(-c2ccc(Cl)cc2)nc2ccccc12. The van der Waals surface area contributed by atoms with Crippen molar-refractivity contribution in [2.24, 2.45) is 0 Å². The average Bonchev–Trinajstić information content (AvgIpc) is 2.85. The predicted molar refractivity (Wildman–Crippen MR) is 127 cm³/mol. The van der Waals surface area contributed by atoms with Gasteiger partial charge in [0.25, 0.3) is 5.91 Å². The first-order valence-corrected chi connectivity index (χ1v) is 11.0. The van der Waals surface area contributed by atoms with Gasteiger partial charge in [0.15, 0.2) is 0 Å². The Bertz CT molecular complexity index is 1240. The van der Waals surface area contributed by atoms with E-state index in [4.69, 9.17) is 16.6 Å². The number of pyridine rings is 1. The highest BCUT2D eigenvalue weighted by Gasteiger charge is 2.23. The molecule has 2 aromatic heterocycles. The zero-order chi connectivity index (χ0) is 21.9. The second-order valence-electron chi connectivity index (χ2n) is 7.86. The third-order valence-corrected chi connectivity index (χ3v) is 6.02. The largest absolute Gasteiger partial charge is 0.349 e. The van der Waals surface area contributed by atoms with Crippen LogP contribution in [0.5, 0.6) is 0 Å². The van der Waals surface area contributed by atoms with Gasteiger partial charge in [-0.25, -0.2) is 15.0 Å². The highest BCUT2D eigenvalue weighted by molar-refractivity contribution is 6.30. The number of nitrogens with zero attached hydrogens (tertiary/aromatic N) is 4. The minimum Gasteiger partial charge on any atom is -0.349 e. The Balaban J connectivity index is 1.37. The van der Waals surface area contributed by atoms with Gasteiger partial charge in [-0.1, -0.05) is 41.9 Å². The molecular formula is C25H22ClN5O. The number of amides is 1. The van der Waals surface area contributed by atoms with Crippen LogP contribution >= 0.6 is 11.6 Å². The Morgan fingerprint density at radius 1 is 0.969 bits per heavy atom. The molecule has 1 saturated heterocycles. The van der Waals surface area contributed by atoms with E-state index in [1.165, 1.54) is 0 Å². The molecule has 1 aliphatic rings. The van der Waals surface area contributed by atoms with Crippen LogP contribution in [-0.4, -0.2) is 40.0 Å². The van der Waals surface area contributed by atoms with E-state index in [1.54, 1.807) is 12.4 Å². The lowest BCUT2D eigenvalue weighted by molar-refractivity contribution is 0.0932. The average molecular weight is 444 g/mol. The van der Waals surface area contributed by atoms with Crippen LogP contribution in [-0.2, 0) is 0 Å². The van der Waals surface area contributed by atoms with Gasteiger partial charge in [-0.3, -0.25) is 4.79 Å². The predicted octanol–water partition coefficient (Wildman–Crippen LogP) is 4.74. The number of benzene rings is 2. The van der Waals surface area contributed by atoms with Gasteiger partial charge in [-0.2, -0.15) is 0 Å². The molecule has 5 rings (SSSR count).